The van der Waals surface area contributed by atoms with Gasteiger partial charge in [-0.3, -0.25) is 4.79 Å². The van der Waals surface area contributed by atoms with E-state index in [0.717, 1.165) is 25.8 Å². The highest BCUT2D eigenvalue weighted by Crippen LogP contribution is 2.06. The molecule has 5 heteroatoms. The molecule has 20 heavy (non-hydrogen) atoms. The zero-order valence-corrected chi connectivity index (χ0v) is 11.3. The number of aromatic nitrogens is 2. The molecular formula is C15H18FN3O. The monoisotopic (exact) mass is 275 g/mol. The van der Waals surface area contributed by atoms with Crippen LogP contribution >= 0.6 is 0 Å². The third kappa shape index (κ3) is 4.19. The number of hydrogen-bond acceptors (Lipinski definition) is 2. The molecule has 1 aromatic heterocycles. The average Bonchev–Trinajstić information content (AvgIpc) is 2.96. The van der Waals surface area contributed by atoms with E-state index in [2.05, 4.69) is 10.3 Å². The third-order valence-corrected chi connectivity index (χ3v) is 3.06. The molecule has 106 valence electrons. The summed E-state index contributed by atoms with van der Waals surface area (Å²) in [5, 5.41) is 2.74. The Morgan fingerprint density at radius 2 is 2.10 bits per heavy atom. The average molecular weight is 275 g/mol. The van der Waals surface area contributed by atoms with E-state index in [1.165, 1.54) is 12.1 Å². The van der Waals surface area contributed by atoms with Gasteiger partial charge < -0.3 is 9.88 Å². The first-order valence-corrected chi connectivity index (χ1v) is 6.76. The van der Waals surface area contributed by atoms with Gasteiger partial charge in [0.2, 0.25) is 0 Å². The molecule has 0 fully saturated rings. The quantitative estimate of drug-likeness (QED) is 0.790. The van der Waals surface area contributed by atoms with Gasteiger partial charge in [-0.1, -0.05) is 12.1 Å². The van der Waals surface area contributed by atoms with Crippen molar-refractivity contribution in [1.82, 2.24) is 14.9 Å². The van der Waals surface area contributed by atoms with Crippen LogP contribution in [0.2, 0.25) is 0 Å². The lowest BCUT2D eigenvalue weighted by Crippen LogP contribution is -2.25. The van der Waals surface area contributed by atoms with Gasteiger partial charge in [0.1, 0.15) is 5.82 Å². The van der Waals surface area contributed by atoms with E-state index in [1.807, 2.05) is 10.8 Å². The van der Waals surface area contributed by atoms with Crippen molar-refractivity contribution < 1.29 is 9.18 Å². The molecule has 0 aliphatic rings. The van der Waals surface area contributed by atoms with Crippen LogP contribution in [0.3, 0.4) is 0 Å². The minimum Gasteiger partial charge on any atom is -0.352 e. The Bertz CT molecular complexity index is 540. The van der Waals surface area contributed by atoms with Crippen LogP contribution < -0.4 is 5.32 Å². The highest BCUT2D eigenvalue weighted by Gasteiger charge is 2.09. The maximum Gasteiger partial charge on any atom is 0.254 e. The van der Waals surface area contributed by atoms with Crippen LogP contribution in [0.15, 0.2) is 43.0 Å². The number of rotatable bonds is 7. The summed E-state index contributed by atoms with van der Waals surface area (Å²) >= 11 is 0. The zero-order chi connectivity index (χ0) is 14.2. The zero-order valence-electron chi connectivity index (χ0n) is 11.3. The fourth-order valence-electron chi connectivity index (χ4n) is 1.96. The molecule has 0 saturated carbocycles. The van der Waals surface area contributed by atoms with Gasteiger partial charge in [-0.05, 0) is 31.4 Å². The first-order valence-electron chi connectivity index (χ1n) is 6.76. The molecular weight excluding hydrogens is 257 g/mol. The number of nitrogens with zero attached hydrogens (tertiary/aromatic N) is 2. The smallest absolute Gasteiger partial charge is 0.254 e. The normalized spacial score (nSPS) is 10.4. The lowest BCUT2D eigenvalue weighted by Gasteiger charge is -2.06. The number of hydrogen-bond donors (Lipinski definition) is 1. The minimum atomic E-state index is -0.481. The molecule has 2 aromatic rings. The van der Waals surface area contributed by atoms with Gasteiger partial charge in [0.15, 0.2) is 0 Å². The van der Waals surface area contributed by atoms with Crippen LogP contribution in [0.25, 0.3) is 0 Å². The molecule has 4 nitrogen and oxygen atoms in total. The number of amides is 1. The summed E-state index contributed by atoms with van der Waals surface area (Å²) in [6.45, 7) is 1.50. The number of carbonyl (C=O) groups excluding carboxylic acids is 1. The van der Waals surface area contributed by atoms with E-state index in [0.29, 0.717) is 6.54 Å². The molecule has 2 rings (SSSR count). The largest absolute Gasteiger partial charge is 0.352 e. The Hall–Kier alpha value is -2.17. The fraction of sp³-hybridized carbons (Fsp3) is 0.333. The van der Waals surface area contributed by atoms with E-state index >= 15 is 0 Å². The summed E-state index contributed by atoms with van der Waals surface area (Å²) in [5.74, 6) is -0.831. The van der Waals surface area contributed by atoms with Crippen molar-refractivity contribution in [3.63, 3.8) is 0 Å². The number of benzene rings is 1. The van der Waals surface area contributed by atoms with Gasteiger partial charge in [0.25, 0.3) is 5.91 Å². The molecule has 1 amide bonds. The molecule has 0 atom stereocenters. The molecule has 0 bridgehead atoms. The number of aryl methyl sites for hydroxylation is 1. The van der Waals surface area contributed by atoms with Crippen molar-refractivity contribution in [2.75, 3.05) is 6.54 Å². The van der Waals surface area contributed by atoms with Gasteiger partial charge in [0, 0.05) is 25.5 Å². The lowest BCUT2D eigenvalue weighted by atomic mass is 10.2. The number of halogens is 1. The predicted molar refractivity (Wildman–Crippen MR) is 74.8 cm³/mol. The highest BCUT2D eigenvalue weighted by molar-refractivity contribution is 5.94. The number of unbranched alkanes of at least 4 members (excludes halogenated alkanes) is 2. The summed E-state index contributed by atoms with van der Waals surface area (Å²) in [5.41, 5.74) is 0.103. The van der Waals surface area contributed by atoms with E-state index in [1.54, 1.807) is 24.7 Å². The van der Waals surface area contributed by atoms with Crippen molar-refractivity contribution >= 4 is 5.91 Å². The first kappa shape index (κ1) is 14.2. The fourth-order valence-corrected chi connectivity index (χ4v) is 1.96. The summed E-state index contributed by atoms with van der Waals surface area (Å²) in [6, 6.07) is 6.01. The Kier molecular flexibility index (Phi) is 5.29. The van der Waals surface area contributed by atoms with Gasteiger partial charge in [0.05, 0.1) is 11.9 Å². The molecule has 1 heterocycles. The second-order valence-corrected chi connectivity index (χ2v) is 4.60. The van der Waals surface area contributed by atoms with Crippen molar-refractivity contribution in [3.05, 3.63) is 54.4 Å². The molecule has 0 aliphatic heterocycles. The molecule has 0 spiro atoms. The number of nitrogens with one attached hydrogen (secondary N) is 1. The van der Waals surface area contributed by atoms with Crippen molar-refractivity contribution in [2.45, 2.75) is 25.8 Å². The summed E-state index contributed by atoms with van der Waals surface area (Å²) in [4.78, 5) is 15.7. The maximum absolute atomic E-state index is 13.4. The first-order chi connectivity index (χ1) is 9.77. The van der Waals surface area contributed by atoms with E-state index in [4.69, 9.17) is 0 Å². The predicted octanol–water partition coefficient (Wildman–Crippen LogP) is 2.62. The Labute approximate surface area is 117 Å². The summed E-state index contributed by atoms with van der Waals surface area (Å²) in [7, 11) is 0. The Morgan fingerprint density at radius 1 is 1.25 bits per heavy atom. The number of carbonyl (C=O) groups is 1. The van der Waals surface area contributed by atoms with Gasteiger partial charge >= 0.3 is 0 Å². The van der Waals surface area contributed by atoms with Gasteiger partial charge in [-0.15, -0.1) is 0 Å². The molecule has 1 N–H and O–H groups in total. The molecule has 0 radical (unpaired) electrons. The Balaban J connectivity index is 1.61. The lowest BCUT2D eigenvalue weighted by molar-refractivity contribution is 0.0949. The second kappa shape index (κ2) is 7.43. The van der Waals surface area contributed by atoms with Crippen LogP contribution in [0, 0.1) is 5.82 Å². The van der Waals surface area contributed by atoms with Crippen molar-refractivity contribution in [3.8, 4) is 0 Å². The minimum absolute atomic E-state index is 0.103. The summed E-state index contributed by atoms with van der Waals surface area (Å²) < 4.78 is 15.4. The van der Waals surface area contributed by atoms with Crippen LogP contribution in [-0.4, -0.2) is 22.0 Å². The highest BCUT2D eigenvalue weighted by atomic mass is 19.1. The SMILES string of the molecule is O=C(NCCCCCn1ccnc1)c1ccccc1F. The Morgan fingerprint density at radius 3 is 2.85 bits per heavy atom. The maximum atomic E-state index is 13.4. The van der Waals surface area contributed by atoms with Gasteiger partial charge in [-0.25, -0.2) is 9.37 Å². The van der Waals surface area contributed by atoms with E-state index in [-0.39, 0.29) is 11.5 Å². The molecule has 0 aliphatic carbocycles. The number of imidazole rings is 1. The summed E-state index contributed by atoms with van der Waals surface area (Å²) in [6.07, 6.45) is 8.41. The van der Waals surface area contributed by atoms with Crippen molar-refractivity contribution in [1.29, 1.82) is 0 Å². The van der Waals surface area contributed by atoms with Crippen LogP contribution in [0.4, 0.5) is 4.39 Å². The standard InChI is InChI=1S/C15H18FN3O/c16-14-7-3-2-6-13(14)15(20)18-8-4-1-5-10-19-11-9-17-12-19/h2-3,6-7,9,11-12H,1,4-5,8,10H2,(H,18,20). The molecule has 0 saturated heterocycles. The van der Waals surface area contributed by atoms with Crippen molar-refractivity contribution in [2.24, 2.45) is 0 Å². The van der Waals surface area contributed by atoms with Gasteiger partial charge in [-0.2, -0.15) is 0 Å². The topological polar surface area (TPSA) is 46.9 Å². The second-order valence-electron chi connectivity index (χ2n) is 4.60. The third-order valence-electron chi connectivity index (χ3n) is 3.06. The van der Waals surface area contributed by atoms with Crippen LogP contribution in [0.1, 0.15) is 29.6 Å². The van der Waals surface area contributed by atoms with E-state index < -0.39 is 5.82 Å². The molecule has 0 unspecified atom stereocenters. The van der Waals surface area contributed by atoms with Crippen LogP contribution in [-0.2, 0) is 6.54 Å². The van der Waals surface area contributed by atoms with E-state index in [9.17, 15) is 9.18 Å². The van der Waals surface area contributed by atoms with Crippen LogP contribution in [0.5, 0.6) is 0 Å². The molecule has 1 aromatic carbocycles.